The molecule has 1 aromatic heterocycles. The van der Waals surface area contributed by atoms with Gasteiger partial charge in [0.25, 0.3) is 0 Å². The van der Waals surface area contributed by atoms with E-state index >= 15 is 0 Å². The maximum absolute atomic E-state index is 11.3. The van der Waals surface area contributed by atoms with Crippen molar-refractivity contribution in [3.8, 4) is 0 Å². The average molecular weight is 450 g/mol. The molecule has 0 saturated heterocycles. The molecule has 0 amide bonds. The highest BCUT2D eigenvalue weighted by molar-refractivity contribution is 8.13. The first-order valence-electron chi connectivity index (χ1n) is 6.22. The Hall–Kier alpha value is -0.0500. The number of aromatic nitrogens is 1. The van der Waals surface area contributed by atoms with Gasteiger partial charge in [0.05, 0.1) is 5.75 Å². The van der Waals surface area contributed by atoms with Crippen LogP contribution in [0.1, 0.15) is 12.5 Å². The summed E-state index contributed by atoms with van der Waals surface area (Å²) >= 11 is 1.15. The third-order valence-corrected chi connectivity index (χ3v) is 7.29. The Kier molecular flexibility index (Phi) is 9.42. The molecule has 23 heavy (non-hydrogen) atoms. The molecule has 1 heterocycles. The van der Waals surface area contributed by atoms with Gasteiger partial charge in [0, 0.05) is 25.0 Å². The zero-order valence-electron chi connectivity index (χ0n) is 12.1. The van der Waals surface area contributed by atoms with E-state index in [1.54, 1.807) is 23.0 Å². The number of hydrogen-bond acceptors (Lipinski definition) is 4. The monoisotopic (exact) mass is 449 g/mol. The second-order valence-corrected chi connectivity index (χ2v) is 9.94. The quantitative estimate of drug-likeness (QED) is 0.264. The zero-order chi connectivity index (χ0) is 17.0. The number of thioether (sulfide) groups is 1. The lowest BCUT2D eigenvalue weighted by molar-refractivity contribution is -0.692. The number of pyridine rings is 1. The predicted octanol–water partition coefficient (Wildman–Crippen LogP) is -2.52. The Morgan fingerprint density at radius 1 is 1.26 bits per heavy atom. The standard InChI is InChI=1S/C11H17NO7P2S.BrH/c1-9(13)22-6-5-12-4-2-3-10(8-12)7-11(20(14,15)16)21(17,18)19;/h2-4,8,11H,5-7H2,1H3,(H3-,14,15,16,17,18,19);1H. The third kappa shape index (κ3) is 8.56. The molecule has 8 nitrogen and oxygen atoms in total. The van der Waals surface area contributed by atoms with Crippen LogP contribution in [-0.4, -0.2) is 35.8 Å². The maximum Gasteiger partial charge on any atom is 0.341 e. The molecule has 0 fully saturated rings. The lowest BCUT2D eigenvalue weighted by atomic mass is 10.2. The minimum absolute atomic E-state index is 0. The fraction of sp³-hybridized carbons (Fsp3) is 0.455. The van der Waals surface area contributed by atoms with E-state index in [-0.39, 0.29) is 22.1 Å². The van der Waals surface area contributed by atoms with Crippen LogP contribution < -0.4 is 21.5 Å². The molecule has 0 unspecified atom stereocenters. The Morgan fingerprint density at radius 2 is 1.83 bits per heavy atom. The first kappa shape index (κ1) is 22.9. The van der Waals surface area contributed by atoms with Gasteiger partial charge in [-0.05, 0) is 6.07 Å². The normalized spacial score (nSPS) is 12.1. The van der Waals surface area contributed by atoms with Gasteiger partial charge in [0.1, 0.15) is 0 Å². The van der Waals surface area contributed by atoms with E-state index in [2.05, 4.69) is 0 Å². The van der Waals surface area contributed by atoms with E-state index in [9.17, 15) is 13.9 Å². The first-order valence-corrected chi connectivity index (χ1v) is 10.6. The Bertz CT molecular complexity index is 611. The molecule has 0 aromatic carbocycles. The SMILES string of the molecule is CC(=O)SCC[n+]1cccc(CC(P(=O)(O)O)P(=O)(O)O)c1.[Br-]. The van der Waals surface area contributed by atoms with E-state index in [0.717, 1.165) is 11.8 Å². The number of rotatable bonds is 7. The number of carbonyl (C=O) groups is 1. The lowest BCUT2D eigenvalue weighted by Crippen LogP contribution is -3.00. The summed E-state index contributed by atoms with van der Waals surface area (Å²) in [7, 11) is -9.87. The summed E-state index contributed by atoms with van der Waals surface area (Å²) in [5.74, 6) is 0.532. The van der Waals surface area contributed by atoms with Crippen LogP contribution in [0.15, 0.2) is 24.5 Å². The van der Waals surface area contributed by atoms with Gasteiger partial charge in [-0.25, -0.2) is 4.57 Å². The van der Waals surface area contributed by atoms with Crippen molar-refractivity contribution < 1.29 is 55.0 Å². The van der Waals surface area contributed by atoms with Gasteiger partial charge in [-0.1, -0.05) is 11.8 Å². The topological polar surface area (TPSA) is 136 Å². The molecule has 132 valence electrons. The van der Waals surface area contributed by atoms with Crippen molar-refractivity contribution >= 4 is 32.1 Å². The molecule has 0 aliphatic heterocycles. The van der Waals surface area contributed by atoms with Crippen molar-refractivity contribution in [2.45, 2.75) is 25.3 Å². The van der Waals surface area contributed by atoms with E-state index in [0.29, 0.717) is 17.9 Å². The molecule has 0 aliphatic rings. The van der Waals surface area contributed by atoms with Gasteiger partial charge in [-0.3, -0.25) is 13.9 Å². The molecular weight excluding hydrogens is 432 g/mol. The molecule has 0 aliphatic carbocycles. The minimum Gasteiger partial charge on any atom is -1.00 e. The van der Waals surface area contributed by atoms with Gasteiger partial charge < -0.3 is 36.6 Å². The number of carbonyl (C=O) groups excluding carboxylic acids is 1. The zero-order valence-corrected chi connectivity index (χ0v) is 16.3. The van der Waals surface area contributed by atoms with Crippen LogP contribution in [0.2, 0.25) is 0 Å². The highest BCUT2D eigenvalue weighted by atomic mass is 79.9. The van der Waals surface area contributed by atoms with Crippen LogP contribution in [0.5, 0.6) is 0 Å². The van der Waals surface area contributed by atoms with Gasteiger partial charge in [0.2, 0.25) is 0 Å². The lowest BCUT2D eigenvalue weighted by Gasteiger charge is -2.18. The largest absolute Gasteiger partial charge is 1.00 e. The average Bonchev–Trinajstić information content (AvgIpc) is 2.33. The second-order valence-electron chi connectivity index (χ2n) is 4.65. The fourth-order valence-electron chi connectivity index (χ4n) is 1.78. The summed E-state index contributed by atoms with van der Waals surface area (Å²) in [4.78, 5) is 47.3. The molecule has 0 radical (unpaired) electrons. The van der Waals surface area contributed by atoms with E-state index in [4.69, 9.17) is 19.6 Å². The van der Waals surface area contributed by atoms with Crippen molar-refractivity contribution in [1.29, 1.82) is 0 Å². The Balaban J connectivity index is 0.00000484. The summed E-state index contributed by atoms with van der Waals surface area (Å²) in [5, 5.41) is -2.07. The van der Waals surface area contributed by atoms with Crippen LogP contribution in [0, 0.1) is 0 Å². The van der Waals surface area contributed by atoms with Crippen molar-refractivity contribution in [2.24, 2.45) is 0 Å². The summed E-state index contributed by atoms with van der Waals surface area (Å²) in [6, 6.07) is 3.15. The first-order chi connectivity index (χ1) is 10.00. The molecule has 1 rings (SSSR count). The third-order valence-electron chi connectivity index (χ3n) is 2.77. The number of aryl methyl sites for hydroxylation is 1. The molecule has 12 heteroatoms. The van der Waals surface area contributed by atoms with Crippen molar-refractivity contribution in [2.75, 3.05) is 5.75 Å². The van der Waals surface area contributed by atoms with Gasteiger partial charge in [-0.15, -0.1) is 0 Å². The fourth-order valence-corrected chi connectivity index (χ4v) is 4.83. The second kappa shape index (κ2) is 9.44. The van der Waals surface area contributed by atoms with Crippen molar-refractivity contribution in [3.05, 3.63) is 30.1 Å². The maximum atomic E-state index is 11.3. The number of nitrogens with zero attached hydrogens (tertiary/aromatic N) is 1. The van der Waals surface area contributed by atoms with Crippen LogP contribution in [0.25, 0.3) is 0 Å². The highest BCUT2D eigenvalue weighted by Crippen LogP contribution is 2.60. The summed E-state index contributed by atoms with van der Waals surface area (Å²) in [6.45, 7) is 1.95. The highest BCUT2D eigenvalue weighted by Gasteiger charge is 2.43. The molecular formula is C11H18BrNO7P2S. The summed E-state index contributed by atoms with van der Waals surface area (Å²) in [5.41, 5.74) is 0.395. The van der Waals surface area contributed by atoms with Gasteiger partial charge in [0.15, 0.2) is 29.5 Å². The molecule has 4 N–H and O–H groups in total. The van der Waals surface area contributed by atoms with E-state index in [1.165, 1.54) is 13.0 Å². The minimum atomic E-state index is -4.93. The molecule has 1 aromatic rings. The number of hydrogen-bond donors (Lipinski definition) is 4. The molecule has 0 spiro atoms. The predicted molar refractivity (Wildman–Crippen MR) is 81.4 cm³/mol. The van der Waals surface area contributed by atoms with Crippen LogP contribution in [-0.2, 0) is 26.9 Å². The van der Waals surface area contributed by atoms with Crippen molar-refractivity contribution in [1.82, 2.24) is 0 Å². The smallest absolute Gasteiger partial charge is 0.341 e. The van der Waals surface area contributed by atoms with Gasteiger partial charge in [-0.2, -0.15) is 0 Å². The molecule has 0 bridgehead atoms. The van der Waals surface area contributed by atoms with E-state index in [1.807, 2.05) is 0 Å². The number of halogens is 1. The van der Waals surface area contributed by atoms with Crippen LogP contribution in [0.3, 0.4) is 0 Å². The Morgan fingerprint density at radius 3 is 2.30 bits per heavy atom. The van der Waals surface area contributed by atoms with Crippen molar-refractivity contribution in [3.63, 3.8) is 0 Å². The van der Waals surface area contributed by atoms with Gasteiger partial charge >= 0.3 is 15.2 Å². The van der Waals surface area contributed by atoms with Crippen LogP contribution in [0.4, 0.5) is 0 Å². The van der Waals surface area contributed by atoms with E-state index < -0.39 is 27.0 Å². The Labute approximate surface area is 148 Å². The molecule has 0 saturated carbocycles. The summed E-state index contributed by atoms with van der Waals surface area (Å²) < 4.78 is 24.2. The van der Waals surface area contributed by atoms with Crippen LogP contribution >= 0.6 is 27.0 Å². The molecule has 0 atom stereocenters. The summed E-state index contributed by atoms with van der Waals surface area (Å²) in [6.07, 6.45) is 2.82.